The Morgan fingerprint density at radius 2 is 1.88 bits per heavy atom. The number of fused-ring (bicyclic) bond motifs is 3. The standard InChI is InChI=1S/C32H46O10/c1-16-25(35)26(37-5)27(40-17(2)33)28(39-16)41-20-6-9-29(3)19(13-20)14-23-32(42-23)22(29)8-10-30(4)21(7-11-31(30,32)36)18-12-24(34)38-15-18/h12,16,19-23,25-28,35-36H,6-11,13-15H2,1-5H3/t16-,19-,20+,21+,22+,23-,25+,26-,27+,28-,29-,30+,31-,32+/m0/s1. The molecule has 10 nitrogen and oxygen atoms in total. The van der Waals surface area contributed by atoms with Crippen molar-refractivity contribution in [2.24, 2.45) is 28.6 Å². The summed E-state index contributed by atoms with van der Waals surface area (Å²) in [5, 5.41) is 23.3. The summed E-state index contributed by atoms with van der Waals surface area (Å²) in [7, 11) is 1.49. The molecule has 7 rings (SSSR count). The maximum absolute atomic E-state index is 12.6. The van der Waals surface area contributed by atoms with Crippen LogP contribution in [0.5, 0.6) is 0 Å². The fourth-order valence-electron chi connectivity index (χ4n) is 10.8. The highest BCUT2D eigenvalue weighted by Crippen LogP contribution is 2.77. The van der Waals surface area contributed by atoms with Gasteiger partial charge in [-0.15, -0.1) is 0 Å². The summed E-state index contributed by atoms with van der Waals surface area (Å²) in [6.45, 7) is 8.04. The Bertz CT molecular complexity index is 1170. The fourth-order valence-corrected chi connectivity index (χ4v) is 10.8. The van der Waals surface area contributed by atoms with Crippen molar-refractivity contribution in [1.29, 1.82) is 0 Å². The SMILES string of the molecule is CO[C@H]1[C@H](O)[C@H](C)O[C@@H](O[C@@H]2CC[C@@]3(C)[C@@H](C2)C[C@@H]2O[C@]24[C@@H]3CC[C@]2(C)[C@@H](C3=CC(=O)OC3)CC[C@@]42O)[C@@H]1OC(C)=O. The molecule has 0 aromatic heterocycles. The summed E-state index contributed by atoms with van der Waals surface area (Å²) in [4.78, 5) is 23.8. The van der Waals surface area contributed by atoms with Crippen molar-refractivity contribution in [3.05, 3.63) is 11.6 Å². The number of methoxy groups -OCH3 is 1. The van der Waals surface area contributed by atoms with E-state index in [4.69, 9.17) is 28.4 Å². The van der Waals surface area contributed by atoms with Crippen molar-refractivity contribution in [2.75, 3.05) is 13.7 Å². The summed E-state index contributed by atoms with van der Waals surface area (Å²) < 4.78 is 35.6. The van der Waals surface area contributed by atoms with E-state index in [-0.39, 0.29) is 40.8 Å². The van der Waals surface area contributed by atoms with Crippen molar-refractivity contribution in [3.8, 4) is 0 Å². The first-order chi connectivity index (χ1) is 19.9. The van der Waals surface area contributed by atoms with Gasteiger partial charge in [-0.2, -0.15) is 0 Å². The van der Waals surface area contributed by atoms with Crippen LogP contribution in [0.2, 0.25) is 0 Å². The van der Waals surface area contributed by atoms with Crippen molar-refractivity contribution >= 4 is 11.9 Å². The third-order valence-electron chi connectivity index (χ3n) is 13.0. The van der Waals surface area contributed by atoms with Crippen LogP contribution in [-0.4, -0.2) is 90.0 Å². The first kappa shape index (κ1) is 29.2. The number of hydrogen-bond donors (Lipinski definition) is 2. The Morgan fingerprint density at radius 3 is 2.57 bits per heavy atom. The molecule has 42 heavy (non-hydrogen) atoms. The molecular formula is C32H46O10. The van der Waals surface area contributed by atoms with Crippen LogP contribution in [0.25, 0.3) is 0 Å². The monoisotopic (exact) mass is 590 g/mol. The molecule has 3 aliphatic heterocycles. The lowest BCUT2D eigenvalue weighted by molar-refractivity contribution is -0.315. The van der Waals surface area contributed by atoms with E-state index in [0.717, 1.165) is 50.5 Å². The van der Waals surface area contributed by atoms with Crippen LogP contribution in [0.1, 0.15) is 79.1 Å². The van der Waals surface area contributed by atoms with Gasteiger partial charge in [0.1, 0.15) is 30.0 Å². The molecule has 0 aromatic carbocycles. The topological polar surface area (TPSA) is 133 Å². The van der Waals surface area contributed by atoms with E-state index < -0.39 is 47.9 Å². The largest absolute Gasteiger partial charge is 0.458 e. The van der Waals surface area contributed by atoms with Gasteiger partial charge in [0.05, 0.1) is 18.3 Å². The summed E-state index contributed by atoms with van der Waals surface area (Å²) in [5.74, 6) is -0.0281. The van der Waals surface area contributed by atoms with Gasteiger partial charge in [0.25, 0.3) is 0 Å². The normalized spacial score (nSPS) is 54.5. The Kier molecular flexibility index (Phi) is 6.75. The molecule has 10 heteroatoms. The number of aliphatic hydroxyl groups is 2. The van der Waals surface area contributed by atoms with Gasteiger partial charge in [0, 0.05) is 25.5 Å². The maximum atomic E-state index is 12.6. The molecule has 234 valence electrons. The average molecular weight is 591 g/mol. The minimum Gasteiger partial charge on any atom is -0.458 e. The second kappa shape index (κ2) is 9.72. The van der Waals surface area contributed by atoms with E-state index in [0.29, 0.717) is 18.9 Å². The van der Waals surface area contributed by atoms with E-state index >= 15 is 0 Å². The average Bonchev–Trinajstić information content (AvgIpc) is 3.38. The van der Waals surface area contributed by atoms with E-state index in [1.54, 1.807) is 13.0 Å². The molecule has 0 radical (unpaired) electrons. The molecule has 4 saturated carbocycles. The summed E-state index contributed by atoms with van der Waals surface area (Å²) in [5.41, 5.74) is -0.815. The van der Waals surface area contributed by atoms with Gasteiger partial charge < -0.3 is 38.6 Å². The molecule has 4 aliphatic carbocycles. The highest BCUT2D eigenvalue weighted by atomic mass is 16.7. The van der Waals surface area contributed by atoms with Crippen LogP contribution in [0, 0.1) is 28.6 Å². The van der Waals surface area contributed by atoms with Crippen molar-refractivity contribution in [1.82, 2.24) is 0 Å². The van der Waals surface area contributed by atoms with Crippen molar-refractivity contribution in [3.63, 3.8) is 0 Å². The third-order valence-corrected chi connectivity index (χ3v) is 13.0. The quantitative estimate of drug-likeness (QED) is 0.280. The van der Waals surface area contributed by atoms with Gasteiger partial charge in [-0.05, 0) is 87.0 Å². The second-order valence-corrected chi connectivity index (χ2v) is 14.6. The smallest absolute Gasteiger partial charge is 0.331 e. The molecule has 7 aliphatic rings. The van der Waals surface area contributed by atoms with Crippen LogP contribution in [0.15, 0.2) is 11.6 Å². The molecule has 1 spiro atoms. The number of aliphatic hydroxyl groups excluding tert-OH is 1. The third kappa shape index (κ3) is 3.84. The lowest BCUT2D eigenvalue weighted by Crippen LogP contribution is -2.68. The van der Waals surface area contributed by atoms with Crippen LogP contribution < -0.4 is 0 Å². The molecule has 6 fully saturated rings. The van der Waals surface area contributed by atoms with Crippen LogP contribution in [0.3, 0.4) is 0 Å². The highest BCUT2D eigenvalue weighted by molar-refractivity contribution is 5.85. The molecule has 0 aromatic rings. The summed E-state index contributed by atoms with van der Waals surface area (Å²) >= 11 is 0. The zero-order valence-electron chi connectivity index (χ0n) is 25.4. The lowest BCUT2D eigenvalue weighted by Gasteiger charge is -2.62. The molecule has 3 heterocycles. The molecule has 0 unspecified atom stereocenters. The predicted octanol–water partition coefficient (Wildman–Crippen LogP) is 2.81. The zero-order valence-corrected chi connectivity index (χ0v) is 25.4. The van der Waals surface area contributed by atoms with Crippen LogP contribution >= 0.6 is 0 Å². The van der Waals surface area contributed by atoms with Gasteiger partial charge in [-0.1, -0.05) is 13.8 Å². The summed E-state index contributed by atoms with van der Waals surface area (Å²) in [6, 6.07) is 0. The lowest BCUT2D eigenvalue weighted by atomic mass is 9.43. The van der Waals surface area contributed by atoms with Gasteiger partial charge in [-0.25, -0.2) is 4.79 Å². The van der Waals surface area contributed by atoms with Crippen LogP contribution in [-0.2, 0) is 38.0 Å². The zero-order chi connectivity index (χ0) is 29.8. The second-order valence-electron chi connectivity index (χ2n) is 14.6. The van der Waals surface area contributed by atoms with E-state index in [1.807, 2.05) is 0 Å². The Hall–Kier alpha value is -1.56. The Balaban J connectivity index is 1.09. The molecular weight excluding hydrogens is 544 g/mol. The molecule has 2 N–H and O–H groups in total. The fraction of sp³-hybridized carbons (Fsp3) is 0.875. The Labute approximate surface area is 247 Å². The predicted molar refractivity (Wildman–Crippen MR) is 147 cm³/mol. The first-order valence-electron chi connectivity index (χ1n) is 15.8. The number of rotatable bonds is 5. The number of ether oxygens (including phenoxy) is 6. The van der Waals surface area contributed by atoms with E-state index in [1.165, 1.54) is 14.0 Å². The highest BCUT2D eigenvalue weighted by Gasteiger charge is 2.84. The molecule has 14 atom stereocenters. The van der Waals surface area contributed by atoms with Gasteiger partial charge in [0.2, 0.25) is 0 Å². The number of esters is 2. The van der Waals surface area contributed by atoms with Gasteiger partial charge in [-0.3, -0.25) is 4.79 Å². The maximum Gasteiger partial charge on any atom is 0.331 e. The van der Waals surface area contributed by atoms with E-state index in [9.17, 15) is 19.8 Å². The molecule has 0 bridgehead atoms. The Morgan fingerprint density at radius 1 is 1.10 bits per heavy atom. The van der Waals surface area contributed by atoms with E-state index in [2.05, 4.69) is 13.8 Å². The minimum atomic E-state index is -0.941. The first-order valence-corrected chi connectivity index (χ1v) is 15.8. The van der Waals surface area contributed by atoms with Gasteiger partial charge >= 0.3 is 11.9 Å². The number of epoxide rings is 1. The van der Waals surface area contributed by atoms with Crippen molar-refractivity contribution in [2.45, 2.75) is 133 Å². The summed E-state index contributed by atoms with van der Waals surface area (Å²) in [6.07, 6.45) is 4.48. The minimum absolute atomic E-state index is 0.00499. The number of carbonyl (C=O) groups excluding carboxylic acids is 2. The van der Waals surface area contributed by atoms with Crippen LogP contribution in [0.4, 0.5) is 0 Å². The number of carbonyl (C=O) groups is 2. The molecule has 2 saturated heterocycles. The molecule has 0 amide bonds. The van der Waals surface area contributed by atoms with Crippen molar-refractivity contribution < 1.29 is 48.2 Å². The number of cyclic esters (lactones) is 1. The van der Waals surface area contributed by atoms with Gasteiger partial charge in [0.15, 0.2) is 12.4 Å². The number of hydrogen-bond acceptors (Lipinski definition) is 10.